The van der Waals surface area contributed by atoms with E-state index in [0.29, 0.717) is 0 Å². The number of aryl methyl sites for hydroxylation is 1. The van der Waals surface area contributed by atoms with Crippen LogP contribution in [0.1, 0.15) is 5.56 Å². The zero-order valence-corrected chi connectivity index (χ0v) is 19.4. The Balaban J connectivity index is 0.000000565. The van der Waals surface area contributed by atoms with Crippen molar-refractivity contribution in [1.29, 1.82) is 0 Å². The van der Waals surface area contributed by atoms with Gasteiger partial charge < -0.3 is 4.90 Å². The summed E-state index contributed by atoms with van der Waals surface area (Å²) in [5.74, 6) is 0. The van der Waals surface area contributed by atoms with Crippen LogP contribution in [-0.4, -0.2) is 0 Å². The Bertz CT molecular complexity index is 1050. The van der Waals surface area contributed by atoms with Gasteiger partial charge in [0.2, 0.25) is 0 Å². The summed E-state index contributed by atoms with van der Waals surface area (Å²) in [7, 11) is 9.87. The molecule has 4 aromatic rings. The van der Waals surface area contributed by atoms with Crippen molar-refractivity contribution in [1.82, 2.24) is 0 Å². The van der Waals surface area contributed by atoms with Crippen molar-refractivity contribution in [2.24, 2.45) is 0 Å². The molecule has 134 valence electrons. The van der Waals surface area contributed by atoms with Crippen LogP contribution in [0.2, 0.25) is 0 Å². The second kappa shape index (κ2) is 8.49. The number of halogens is 2. The molecule has 0 saturated carbocycles. The minimum atomic E-state index is -0.826. The normalized spacial score (nSPS) is 12.0. The fourth-order valence-corrected chi connectivity index (χ4v) is 4.59. The number of hydrogen-bond acceptors (Lipinski definition) is 2. The Morgan fingerprint density at radius 1 is 0.815 bits per heavy atom. The molecule has 0 atom stereocenters. The van der Waals surface area contributed by atoms with Crippen molar-refractivity contribution >= 4 is 56.6 Å². The van der Waals surface area contributed by atoms with Gasteiger partial charge in [0.15, 0.2) is 0 Å². The topological polar surface area (TPSA) is 3.24 Å². The number of para-hydroxylation sites is 2. The van der Waals surface area contributed by atoms with Gasteiger partial charge in [0.25, 0.3) is 0 Å². The molecule has 1 nitrogen and oxygen atoms in total. The van der Waals surface area contributed by atoms with E-state index in [-0.39, 0.29) is 0 Å². The molecule has 5 rings (SSSR count). The van der Waals surface area contributed by atoms with Crippen LogP contribution in [-0.2, 0) is 20.8 Å². The first-order chi connectivity index (χ1) is 13.2. The van der Waals surface area contributed by atoms with Crippen molar-refractivity contribution in [3.05, 3.63) is 84.4 Å². The van der Waals surface area contributed by atoms with E-state index in [9.17, 15) is 0 Å². The first-order valence-electron chi connectivity index (χ1n) is 8.51. The van der Waals surface area contributed by atoms with Crippen LogP contribution in [0.15, 0.2) is 88.7 Å². The van der Waals surface area contributed by atoms with E-state index in [1.807, 2.05) is 11.8 Å². The summed E-state index contributed by atoms with van der Waals surface area (Å²) in [4.78, 5) is 5.01. The van der Waals surface area contributed by atoms with Crippen molar-refractivity contribution < 1.29 is 20.8 Å². The third-order valence-electron chi connectivity index (χ3n) is 4.55. The third-order valence-corrected chi connectivity index (χ3v) is 5.68. The average molecular weight is 489 g/mol. The second-order valence-corrected chi connectivity index (χ2v) is 11.1. The summed E-state index contributed by atoms with van der Waals surface area (Å²) in [5.41, 5.74) is 5.08. The van der Waals surface area contributed by atoms with Crippen LogP contribution in [0.5, 0.6) is 0 Å². The van der Waals surface area contributed by atoms with Gasteiger partial charge in [-0.25, -0.2) is 0 Å². The van der Waals surface area contributed by atoms with Crippen LogP contribution >= 0.6 is 28.8 Å². The molecule has 0 saturated heterocycles. The molecule has 1 heterocycles. The predicted octanol–water partition coefficient (Wildman–Crippen LogP) is 8.18. The summed E-state index contributed by atoms with van der Waals surface area (Å²) < 4.78 is 0. The minimum absolute atomic E-state index is 0.826. The molecule has 0 bridgehead atoms. The van der Waals surface area contributed by atoms with Crippen LogP contribution in [0.3, 0.4) is 0 Å². The maximum atomic E-state index is 4.93. The molecule has 0 aromatic heterocycles. The first kappa shape index (κ1) is 19.2. The van der Waals surface area contributed by atoms with Gasteiger partial charge in [-0.2, -0.15) is 6.07 Å². The zero-order valence-electron chi connectivity index (χ0n) is 14.6. The molecular weight excluding hydrogens is 472 g/mol. The number of nitrogens with zero attached hydrogens (tertiary/aromatic N) is 1. The molecule has 0 aliphatic carbocycles. The number of benzene rings is 3. The Labute approximate surface area is 182 Å². The summed E-state index contributed by atoms with van der Waals surface area (Å²) >= 11 is 1.02. The molecule has 4 aromatic carbocycles. The van der Waals surface area contributed by atoms with Gasteiger partial charge in [-0.15, -0.1) is 34.5 Å². The van der Waals surface area contributed by atoms with E-state index < -0.39 is 20.8 Å². The molecule has 0 amide bonds. The van der Waals surface area contributed by atoms with E-state index in [0.717, 1.165) is 0 Å². The third kappa shape index (κ3) is 3.76. The van der Waals surface area contributed by atoms with Crippen LogP contribution in [0.4, 0.5) is 17.1 Å². The van der Waals surface area contributed by atoms with Crippen LogP contribution in [0, 0.1) is 6.92 Å². The van der Waals surface area contributed by atoms with Gasteiger partial charge >= 0.3 is 37.9 Å². The van der Waals surface area contributed by atoms with Crippen molar-refractivity contribution in [3.8, 4) is 0 Å². The predicted molar refractivity (Wildman–Crippen MR) is 115 cm³/mol. The van der Waals surface area contributed by atoms with Crippen molar-refractivity contribution in [2.75, 3.05) is 4.90 Å². The Hall–Kier alpha value is -1.12. The van der Waals surface area contributed by atoms with Crippen LogP contribution in [0.25, 0.3) is 10.8 Å². The summed E-state index contributed by atoms with van der Waals surface area (Å²) in [5, 5.41) is 2.62. The molecule has 0 fully saturated rings. The SMILES string of the molecule is Cc1cc2c(N3c4ccccc4Sc4ccccc43)cccc2[cH-]1.[Cl][Zr][Cl]. The van der Waals surface area contributed by atoms with Crippen LogP contribution < -0.4 is 4.90 Å². The Morgan fingerprint density at radius 2 is 1.37 bits per heavy atom. The van der Waals surface area contributed by atoms with E-state index in [4.69, 9.17) is 17.0 Å². The fourth-order valence-electron chi connectivity index (χ4n) is 3.53. The van der Waals surface area contributed by atoms with Gasteiger partial charge in [0.1, 0.15) is 0 Å². The number of rotatable bonds is 1. The quantitative estimate of drug-likeness (QED) is 0.219. The van der Waals surface area contributed by atoms with Crippen molar-refractivity contribution in [3.63, 3.8) is 0 Å². The molecule has 0 N–H and O–H groups in total. The van der Waals surface area contributed by atoms with Gasteiger partial charge in [0, 0.05) is 15.5 Å². The van der Waals surface area contributed by atoms with E-state index in [2.05, 4.69) is 90.7 Å². The maximum absolute atomic E-state index is 4.93. The molecule has 27 heavy (non-hydrogen) atoms. The first-order valence-corrected chi connectivity index (χ1v) is 15.7. The summed E-state index contributed by atoms with van der Waals surface area (Å²) in [6, 6.07) is 28.5. The summed E-state index contributed by atoms with van der Waals surface area (Å²) in [6.45, 7) is 2.16. The number of hydrogen-bond donors (Lipinski definition) is 0. The second-order valence-electron chi connectivity index (χ2n) is 6.26. The van der Waals surface area contributed by atoms with E-state index in [1.54, 1.807) is 0 Å². The average Bonchev–Trinajstić information content (AvgIpc) is 3.07. The molecule has 0 radical (unpaired) electrons. The standard InChI is InChI=1S/C22H16NS.2ClH.Zr/c1-15-13-16-7-6-10-18(17(16)14-15)23-19-8-2-4-11-21(19)24-22-12-5-3-9-20(22)23;;;/h2-14H,1H3;2*1H;/q-1;;;+2/p-2. The Morgan fingerprint density at radius 3 is 2.00 bits per heavy atom. The number of anilines is 3. The van der Waals surface area contributed by atoms with E-state index in [1.165, 1.54) is 43.2 Å². The van der Waals surface area contributed by atoms with Crippen molar-refractivity contribution in [2.45, 2.75) is 16.7 Å². The molecular formula is C22H16Cl2NSZr-. The number of fused-ring (bicyclic) bond motifs is 3. The summed E-state index contributed by atoms with van der Waals surface area (Å²) in [6.07, 6.45) is 0. The van der Waals surface area contributed by atoms with Gasteiger partial charge in [-0.05, 0) is 24.3 Å². The monoisotopic (exact) mass is 486 g/mol. The zero-order chi connectivity index (χ0) is 18.8. The molecule has 5 heteroatoms. The molecule has 1 aliphatic rings. The Kier molecular flexibility index (Phi) is 6.04. The fraction of sp³-hybridized carbons (Fsp3) is 0.0455. The molecule has 0 spiro atoms. The van der Waals surface area contributed by atoms with Gasteiger partial charge in [-0.3, -0.25) is 0 Å². The van der Waals surface area contributed by atoms with E-state index >= 15 is 0 Å². The van der Waals surface area contributed by atoms with Gasteiger partial charge in [0.05, 0.1) is 11.4 Å². The molecule has 0 unspecified atom stereocenters. The van der Waals surface area contributed by atoms with Gasteiger partial charge in [-0.1, -0.05) is 49.0 Å². The molecule has 1 aliphatic heterocycles.